The number of aryl methyl sites for hydroxylation is 1. The summed E-state index contributed by atoms with van der Waals surface area (Å²) in [5.41, 5.74) is 3.63. The Morgan fingerprint density at radius 3 is 2.88 bits per heavy atom. The van der Waals surface area contributed by atoms with Gasteiger partial charge in [0, 0.05) is 11.4 Å². The van der Waals surface area contributed by atoms with Gasteiger partial charge in [-0.2, -0.15) is 5.10 Å². The molecule has 1 aromatic heterocycles. The quantitative estimate of drug-likeness (QED) is 0.758. The van der Waals surface area contributed by atoms with Crippen molar-refractivity contribution >= 4 is 11.6 Å². The molecule has 0 saturated heterocycles. The number of amides is 1. The molecule has 1 unspecified atom stereocenters. The van der Waals surface area contributed by atoms with Crippen LogP contribution in [0.4, 0.5) is 5.69 Å². The number of para-hydroxylation sites is 1. The van der Waals surface area contributed by atoms with Gasteiger partial charge in [0.2, 0.25) is 5.91 Å². The minimum Gasteiger partial charge on any atom is -0.325 e. The smallest absolute Gasteiger partial charge is 0.238 e. The highest BCUT2D eigenvalue weighted by Crippen LogP contribution is 2.35. The van der Waals surface area contributed by atoms with Gasteiger partial charge in [-0.3, -0.25) is 9.89 Å². The first-order valence-corrected chi connectivity index (χ1v) is 5.17. The van der Waals surface area contributed by atoms with Crippen LogP contribution in [0.3, 0.4) is 0 Å². The number of aromatic amines is 1. The molecule has 16 heavy (non-hydrogen) atoms. The fourth-order valence-electron chi connectivity index (χ4n) is 2.09. The maximum atomic E-state index is 11.9. The third-order valence-electron chi connectivity index (χ3n) is 2.81. The second-order valence-electron chi connectivity index (χ2n) is 3.99. The van der Waals surface area contributed by atoms with Crippen molar-refractivity contribution in [2.24, 2.45) is 0 Å². The zero-order chi connectivity index (χ0) is 11.1. The van der Waals surface area contributed by atoms with Crippen molar-refractivity contribution in [2.45, 2.75) is 12.8 Å². The molecule has 0 saturated carbocycles. The van der Waals surface area contributed by atoms with Gasteiger partial charge in [-0.25, -0.2) is 0 Å². The van der Waals surface area contributed by atoms with E-state index in [1.807, 2.05) is 37.3 Å². The largest absolute Gasteiger partial charge is 0.325 e. The molecule has 1 aromatic carbocycles. The minimum absolute atomic E-state index is 0.00676. The summed E-state index contributed by atoms with van der Waals surface area (Å²) in [5, 5.41) is 9.89. The van der Waals surface area contributed by atoms with Crippen LogP contribution in [0.25, 0.3) is 0 Å². The van der Waals surface area contributed by atoms with E-state index in [9.17, 15) is 4.79 Å². The molecule has 4 heteroatoms. The number of nitrogens with one attached hydrogen (secondary N) is 2. The first-order valence-electron chi connectivity index (χ1n) is 5.17. The van der Waals surface area contributed by atoms with Gasteiger partial charge in [-0.15, -0.1) is 0 Å². The Labute approximate surface area is 92.7 Å². The number of rotatable bonds is 1. The van der Waals surface area contributed by atoms with E-state index in [0.29, 0.717) is 0 Å². The number of hydrogen-bond donors (Lipinski definition) is 2. The molecule has 0 aliphatic carbocycles. The number of carbonyl (C=O) groups excluding carboxylic acids is 1. The summed E-state index contributed by atoms with van der Waals surface area (Å²) in [4.78, 5) is 11.9. The molecular formula is C12H11N3O. The van der Waals surface area contributed by atoms with Crippen LogP contribution < -0.4 is 5.32 Å². The zero-order valence-corrected chi connectivity index (χ0v) is 8.82. The normalized spacial score (nSPS) is 18.3. The zero-order valence-electron chi connectivity index (χ0n) is 8.82. The van der Waals surface area contributed by atoms with Crippen molar-refractivity contribution in [2.75, 3.05) is 5.32 Å². The van der Waals surface area contributed by atoms with Crippen molar-refractivity contribution in [3.8, 4) is 0 Å². The predicted molar refractivity (Wildman–Crippen MR) is 60.2 cm³/mol. The van der Waals surface area contributed by atoms with Crippen molar-refractivity contribution in [1.29, 1.82) is 0 Å². The van der Waals surface area contributed by atoms with E-state index in [1.165, 1.54) is 0 Å². The number of nitrogens with zero attached hydrogens (tertiary/aromatic N) is 1. The van der Waals surface area contributed by atoms with Crippen molar-refractivity contribution in [3.05, 3.63) is 47.3 Å². The molecule has 1 aliphatic rings. The molecule has 4 nitrogen and oxygen atoms in total. The lowest BCUT2D eigenvalue weighted by molar-refractivity contribution is -0.116. The third-order valence-corrected chi connectivity index (χ3v) is 2.81. The van der Waals surface area contributed by atoms with Crippen LogP contribution in [0.2, 0.25) is 0 Å². The Morgan fingerprint density at radius 2 is 2.12 bits per heavy atom. The summed E-state index contributed by atoms with van der Waals surface area (Å²) in [6.45, 7) is 1.93. The van der Waals surface area contributed by atoms with Gasteiger partial charge < -0.3 is 5.32 Å². The van der Waals surface area contributed by atoms with Gasteiger partial charge in [-0.1, -0.05) is 18.2 Å². The number of aromatic nitrogens is 2. The highest BCUT2D eigenvalue weighted by Gasteiger charge is 2.33. The first-order chi connectivity index (χ1) is 7.75. The van der Waals surface area contributed by atoms with Crippen LogP contribution in [-0.2, 0) is 4.79 Å². The maximum Gasteiger partial charge on any atom is 0.238 e. The van der Waals surface area contributed by atoms with E-state index in [-0.39, 0.29) is 11.8 Å². The average Bonchev–Trinajstić information content (AvgIpc) is 2.80. The SMILES string of the molecule is Cc1cc(C2C(=O)Nc3ccccc32)n[nH]1. The van der Waals surface area contributed by atoms with E-state index >= 15 is 0 Å². The van der Waals surface area contributed by atoms with E-state index in [1.54, 1.807) is 0 Å². The number of benzene rings is 1. The fraction of sp³-hybridized carbons (Fsp3) is 0.167. The van der Waals surface area contributed by atoms with Crippen LogP contribution in [-0.4, -0.2) is 16.1 Å². The number of fused-ring (bicyclic) bond motifs is 1. The summed E-state index contributed by atoms with van der Waals surface area (Å²) < 4.78 is 0. The standard InChI is InChI=1S/C12H11N3O/c1-7-6-10(15-14-7)11-8-4-2-3-5-9(8)13-12(11)16/h2-6,11H,1H3,(H,13,16)(H,14,15). The van der Waals surface area contributed by atoms with E-state index in [2.05, 4.69) is 15.5 Å². The molecule has 0 bridgehead atoms. The molecule has 3 rings (SSSR count). The number of anilines is 1. The minimum atomic E-state index is -0.277. The van der Waals surface area contributed by atoms with Gasteiger partial charge in [0.25, 0.3) is 0 Å². The van der Waals surface area contributed by atoms with Crippen molar-refractivity contribution in [1.82, 2.24) is 10.2 Å². The molecule has 0 radical (unpaired) electrons. The molecule has 1 atom stereocenters. The Kier molecular flexibility index (Phi) is 1.83. The summed E-state index contributed by atoms with van der Waals surface area (Å²) >= 11 is 0. The Morgan fingerprint density at radius 1 is 1.31 bits per heavy atom. The van der Waals surface area contributed by atoms with Gasteiger partial charge in [0.1, 0.15) is 5.92 Å². The van der Waals surface area contributed by atoms with Crippen LogP contribution in [0.5, 0.6) is 0 Å². The van der Waals surface area contributed by atoms with Gasteiger partial charge in [0.05, 0.1) is 5.69 Å². The monoisotopic (exact) mass is 213 g/mol. The summed E-state index contributed by atoms with van der Waals surface area (Å²) in [7, 11) is 0. The number of H-pyrrole nitrogens is 1. The highest BCUT2D eigenvalue weighted by molar-refractivity contribution is 6.04. The molecule has 2 heterocycles. The first kappa shape index (κ1) is 9.15. The molecule has 1 aliphatic heterocycles. The van der Waals surface area contributed by atoms with Gasteiger partial charge in [0.15, 0.2) is 0 Å². The summed E-state index contributed by atoms with van der Waals surface area (Å²) in [6, 6.07) is 9.63. The molecule has 0 spiro atoms. The fourth-order valence-corrected chi connectivity index (χ4v) is 2.09. The molecular weight excluding hydrogens is 202 g/mol. The van der Waals surface area contributed by atoms with Gasteiger partial charge in [-0.05, 0) is 24.6 Å². The Bertz CT molecular complexity index is 559. The Hall–Kier alpha value is -2.10. The number of carbonyl (C=O) groups is 1. The van der Waals surface area contributed by atoms with Crippen molar-refractivity contribution < 1.29 is 4.79 Å². The van der Waals surface area contributed by atoms with E-state index in [0.717, 1.165) is 22.6 Å². The number of hydrogen-bond acceptors (Lipinski definition) is 2. The van der Waals surface area contributed by atoms with Crippen LogP contribution in [0, 0.1) is 6.92 Å². The van der Waals surface area contributed by atoms with Crippen molar-refractivity contribution in [3.63, 3.8) is 0 Å². The van der Waals surface area contributed by atoms with Crippen LogP contribution >= 0.6 is 0 Å². The lowest BCUT2D eigenvalue weighted by atomic mass is 9.97. The highest BCUT2D eigenvalue weighted by atomic mass is 16.2. The van der Waals surface area contributed by atoms with Crippen LogP contribution in [0.1, 0.15) is 22.9 Å². The molecule has 0 fully saturated rings. The maximum absolute atomic E-state index is 11.9. The third kappa shape index (κ3) is 1.23. The molecule has 2 N–H and O–H groups in total. The molecule has 2 aromatic rings. The van der Waals surface area contributed by atoms with Gasteiger partial charge >= 0.3 is 0 Å². The second-order valence-corrected chi connectivity index (χ2v) is 3.99. The Balaban J connectivity index is 2.12. The van der Waals surface area contributed by atoms with E-state index < -0.39 is 0 Å². The average molecular weight is 213 g/mol. The lowest BCUT2D eigenvalue weighted by Gasteiger charge is -2.03. The summed E-state index contributed by atoms with van der Waals surface area (Å²) in [6.07, 6.45) is 0. The predicted octanol–water partition coefficient (Wildman–Crippen LogP) is 1.80. The second kappa shape index (κ2) is 3.20. The molecule has 1 amide bonds. The topological polar surface area (TPSA) is 57.8 Å². The summed E-state index contributed by atoms with van der Waals surface area (Å²) in [5.74, 6) is -0.283. The van der Waals surface area contributed by atoms with Crippen LogP contribution in [0.15, 0.2) is 30.3 Å². The lowest BCUT2D eigenvalue weighted by Crippen LogP contribution is -2.13. The van der Waals surface area contributed by atoms with E-state index in [4.69, 9.17) is 0 Å². The molecule has 80 valence electrons.